The first kappa shape index (κ1) is 10.3. The molecular weight excluding hydrogens is 191 g/mol. The van der Waals surface area contributed by atoms with Gasteiger partial charge in [-0.2, -0.15) is 13.2 Å². The molecule has 0 amide bonds. The van der Waals surface area contributed by atoms with Crippen molar-refractivity contribution in [2.24, 2.45) is 5.73 Å². The highest BCUT2D eigenvalue weighted by Gasteiger charge is 2.50. The standard InChI is InChI=1S/C6H8F3NO3/c7-6(8,9)4(11)13-3-1-2-5(3,10)12/h3,12H,1-2,10H2. The molecule has 1 rings (SSSR count). The van der Waals surface area contributed by atoms with Crippen LogP contribution in [-0.2, 0) is 9.53 Å². The van der Waals surface area contributed by atoms with Gasteiger partial charge in [-0.15, -0.1) is 0 Å². The van der Waals surface area contributed by atoms with Gasteiger partial charge in [-0.3, -0.25) is 0 Å². The van der Waals surface area contributed by atoms with Gasteiger partial charge in [0.05, 0.1) is 0 Å². The van der Waals surface area contributed by atoms with Crippen LogP contribution in [0.2, 0.25) is 0 Å². The van der Waals surface area contributed by atoms with E-state index >= 15 is 0 Å². The summed E-state index contributed by atoms with van der Waals surface area (Å²) in [5, 5.41) is 9.02. The summed E-state index contributed by atoms with van der Waals surface area (Å²) in [5.74, 6) is -2.32. The molecule has 1 aliphatic carbocycles. The predicted molar refractivity (Wildman–Crippen MR) is 34.3 cm³/mol. The maximum atomic E-state index is 11.6. The number of esters is 1. The van der Waals surface area contributed by atoms with Crippen LogP contribution in [0, 0.1) is 0 Å². The smallest absolute Gasteiger partial charge is 0.451 e. The Labute approximate surface area is 71.5 Å². The molecule has 1 aliphatic rings. The van der Waals surface area contributed by atoms with Crippen LogP contribution >= 0.6 is 0 Å². The number of rotatable bonds is 1. The fourth-order valence-corrected chi connectivity index (χ4v) is 0.915. The highest BCUT2D eigenvalue weighted by Crippen LogP contribution is 2.31. The van der Waals surface area contributed by atoms with Crippen LogP contribution in [0.5, 0.6) is 0 Å². The molecule has 76 valence electrons. The molecule has 0 aromatic carbocycles. The van der Waals surface area contributed by atoms with E-state index in [1.807, 2.05) is 0 Å². The molecule has 0 radical (unpaired) electrons. The Kier molecular flexibility index (Phi) is 2.25. The lowest BCUT2D eigenvalue weighted by Crippen LogP contribution is -2.61. The number of carbonyl (C=O) groups is 1. The molecule has 3 N–H and O–H groups in total. The molecule has 0 aromatic heterocycles. The fourth-order valence-electron chi connectivity index (χ4n) is 0.915. The van der Waals surface area contributed by atoms with Gasteiger partial charge in [0, 0.05) is 0 Å². The Hall–Kier alpha value is -0.820. The Morgan fingerprint density at radius 3 is 2.38 bits per heavy atom. The zero-order valence-electron chi connectivity index (χ0n) is 6.47. The molecule has 4 nitrogen and oxygen atoms in total. The monoisotopic (exact) mass is 199 g/mol. The molecule has 1 fully saturated rings. The van der Waals surface area contributed by atoms with Crippen LogP contribution < -0.4 is 5.73 Å². The van der Waals surface area contributed by atoms with Gasteiger partial charge in [-0.25, -0.2) is 4.79 Å². The minimum Gasteiger partial charge on any atom is -0.451 e. The molecule has 7 heteroatoms. The first-order valence-electron chi connectivity index (χ1n) is 3.52. The number of alkyl halides is 3. The Morgan fingerprint density at radius 1 is 1.62 bits per heavy atom. The number of carbonyl (C=O) groups excluding carboxylic acids is 1. The lowest BCUT2D eigenvalue weighted by Gasteiger charge is -2.40. The van der Waals surface area contributed by atoms with Crippen molar-refractivity contribution in [3.05, 3.63) is 0 Å². The van der Waals surface area contributed by atoms with E-state index in [0.29, 0.717) is 0 Å². The van der Waals surface area contributed by atoms with Crippen molar-refractivity contribution in [1.29, 1.82) is 0 Å². The molecule has 0 saturated heterocycles. The van der Waals surface area contributed by atoms with Crippen LogP contribution in [-0.4, -0.2) is 29.1 Å². The summed E-state index contributed by atoms with van der Waals surface area (Å²) in [6, 6.07) is 0. The minimum atomic E-state index is -5.04. The average molecular weight is 199 g/mol. The molecule has 0 aromatic rings. The second-order valence-corrected chi connectivity index (χ2v) is 2.92. The summed E-state index contributed by atoms with van der Waals surface area (Å²) < 4.78 is 38.8. The van der Waals surface area contributed by atoms with Gasteiger partial charge in [0.25, 0.3) is 0 Å². The van der Waals surface area contributed by atoms with E-state index in [-0.39, 0.29) is 12.8 Å². The van der Waals surface area contributed by atoms with E-state index in [0.717, 1.165) is 0 Å². The van der Waals surface area contributed by atoms with Crippen LogP contribution in [0.4, 0.5) is 13.2 Å². The number of aliphatic hydroxyl groups is 1. The quantitative estimate of drug-likeness (QED) is 0.457. The molecule has 2 unspecified atom stereocenters. The summed E-state index contributed by atoms with van der Waals surface area (Å²) in [6.45, 7) is 0. The van der Waals surface area contributed by atoms with E-state index in [1.54, 1.807) is 0 Å². The van der Waals surface area contributed by atoms with Gasteiger partial charge in [-0.05, 0) is 12.8 Å². The lowest BCUT2D eigenvalue weighted by molar-refractivity contribution is -0.228. The fraction of sp³-hybridized carbons (Fsp3) is 0.833. The van der Waals surface area contributed by atoms with Crippen LogP contribution in [0.1, 0.15) is 12.8 Å². The number of nitrogens with two attached hydrogens (primary N) is 1. The highest BCUT2D eigenvalue weighted by molar-refractivity contribution is 5.75. The SMILES string of the molecule is NC1(O)CCC1OC(=O)C(F)(F)F. The van der Waals surface area contributed by atoms with Crippen LogP contribution in [0.25, 0.3) is 0 Å². The van der Waals surface area contributed by atoms with Gasteiger partial charge in [0.15, 0.2) is 5.72 Å². The summed E-state index contributed by atoms with van der Waals surface area (Å²) in [7, 11) is 0. The summed E-state index contributed by atoms with van der Waals surface area (Å²) in [5.41, 5.74) is 3.26. The Morgan fingerprint density at radius 2 is 2.15 bits per heavy atom. The third kappa shape index (κ3) is 2.10. The average Bonchev–Trinajstić information content (AvgIpc) is 1.96. The molecule has 0 bridgehead atoms. The lowest BCUT2D eigenvalue weighted by atomic mass is 9.85. The second-order valence-electron chi connectivity index (χ2n) is 2.92. The van der Waals surface area contributed by atoms with Gasteiger partial charge in [0.2, 0.25) is 0 Å². The largest absolute Gasteiger partial charge is 0.490 e. The Bertz CT molecular complexity index is 226. The van der Waals surface area contributed by atoms with Crippen LogP contribution in [0.3, 0.4) is 0 Å². The summed E-state index contributed by atoms with van der Waals surface area (Å²) >= 11 is 0. The van der Waals surface area contributed by atoms with Crippen molar-refractivity contribution in [3.8, 4) is 0 Å². The molecule has 0 aliphatic heterocycles. The van der Waals surface area contributed by atoms with Gasteiger partial charge in [0.1, 0.15) is 6.10 Å². The molecular formula is C6H8F3NO3. The van der Waals surface area contributed by atoms with Crippen molar-refractivity contribution in [2.75, 3.05) is 0 Å². The van der Waals surface area contributed by atoms with Crippen LogP contribution in [0.15, 0.2) is 0 Å². The summed E-state index contributed by atoms with van der Waals surface area (Å²) in [6.07, 6.45) is -6.01. The van der Waals surface area contributed by atoms with Gasteiger partial charge < -0.3 is 15.6 Å². The molecule has 0 heterocycles. The third-order valence-electron chi connectivity index (χ3n) is 1.85. The number of ether oxygens (including phenoxy) is 1. The zero-order chi connectivity index (χ0) is 10.3. The predicted octanol–water partition coefficient (Wildman–Crippen LogP) is -0.0984. The molecule has 0 spiro atoms. The van der Waals surface area contributed by atoms with Crippen molar-refractivity contribution < 1.29 is 27.8 Å². The topological polar surface area (TPSA) is 72.6 Å². The van der Waals surface area contributed by atoms with Crippen molar-refractivity contribution in [1.82, 2.24) is 0 Å². The molecule has 13 heavy (non-hydrogen) atoms. The Balaban J connectivity index is 2.47. The zero-order valence-corrected chi connectivity index (χ0v) is 6.47. The first-order valence-corrected chi connectivity index (χ1v) is 3.52. The van der Waals surface area contributed by atoms with Gasteiger partial charge in [-0.1, -0.05) is 0 Å². The van der Waals surface area contributed by atoms with E-state index in [1.165, 1.54) is 0 Å². The molecule has 1 saturated carbocycles. The normalized spacial score (nSPS) is 33.8. The van der Waals surface area contributed by atoms with E-state index in [2.05, 4.69) is 4.74 Å². The summed E-state index contributed by atoms with van der Waals surface area (Å²) in [4.78, 5) is 10.2. The van der Waals surface area contributed by atoms with Crippen molar-refractivity contribution in [2.45, 2.75) is 30.8 Å². The van der Waals surface area contributed by atoms with E-state index in [4.69, 9.17) is 10.8 Å². The third-order valence-corrected chi connectivity index (χ3v) is 1.85. The van der Waals surface area contributed by atoms with Gasteiger partial charge >= 0.3 is 12.1 Å². The number of halogens is 3. The minimum absolute atomic E-state index is 0.128. The maximum absolute atomic E-state index is 11.6. The van der Waals surface area contributed by atoms with Crippen molar-refractivity contribution >= 4 is 5.97 Å². The first-order chi connectivity index (χ1) is 5.73. The molecule has 2 atom stereocenters. The highest BCUT2D eigenvalue weighted by atomic mass is 19.4. The van der Waals surface area contributed by atoms with E-state index < -0.39 is 24.0 Å². The van der Waals surface area contributed by atoms with E-state index in [9.17, 15) is 18.0 Å². The number of hydrogen-bond donors (Lipinski definition) is 2. The maximum Gasteiger partial charge on any atom is 0.490 e. The second kappa shape index (κ2) is 2.85. The number of hydrogen-bond acceptors (Lipinski definition) is 4. The van der Waals surface area contributed by atoms with Crippen molar-refractivity contribution in [3.63, 3.8) is 0 Å².